The smallest absolute Gasteiger partial charge is 0.277 e. The average molecular weight is 553 g/mol. The molecule has 40 heavy (non-hydrogen) atoms. The van der Waals surface area contributed by atoms with E-state index in [-0.39, 0.29) is 11.5 Å². The van der Waals surface area contributed by atoms with Gasteiger partial charge in [-0.05, 0) is 62.3 Å². The van der Waals surface area contributed by atoms with Crippen molar-refractivity contribution in [3.05, 3.63) is 87.2 Å². The highest BCUT2D eigenvalue weighted by Gasteiger charge is 2.31. The van der Waals surface area contributed by atoms with Crippen LogP contribution < -0.4 is 21.9 Å². The predicted molar refractivity (Wildman–Crippen MR) is 155 cm³/mol. The van der Waals surface area contributed by atoms with Gasteiger partial charge in [0, 0.05) is 25.7 Å². The monoisotopic (exact) mass is 552 g/mol. The number of benzene rings is 1. The first-order chi connectivity index (χ1) is 19.2. The SMILES string of the molecule is CC(F)F.CC/C(=C\c1cnc(N)cc1C)CNC(=O)C1CCc2ncc(NCCCc3ccccc3)c(=O)n21. The van der Waals surface area contributed by atoms with Crippen molar-refractivity contribution in [2.24, 2.45) is 0 Å². The van der Waals surface area contributed by atoms with Gasteiger partial charge in [0.1, 0.15) is 23.4 Å². The second-order valence-electron chi connectivity index (χ2n) is 9.69. The van der Waals surface area contributed by atoms with E-state index >= 15 is 0 Å². The van der Waals surface area contributed by atoms with Crippen LogP contribution in [0, 0.1) is 6.92 Å². The molecule has 1 aliphatic heterocycles. The van der Waals surface area contributed by atoms with Crippen molar-refractivity contribution in [3.63, 3.8) is 0 Å². The number of carbonyl (C=O) groups is 1. The first kappa shape index (κ1) is 30.5. The Hall–Kier alpha value is -4.08. The predicted octanol–water partition coefficient (Wildman–Crippen LogP) is 4.94. The topological polar surface area (TPSA) is 115 Å². The third-order valence-electron chi connectivity index (χ3n) is 6.60. The van der Waals surface area contributed by atoms with Crippen molar-refractivity contribution < 1.29 is 13.6 Å². The molecule has 2 aromatic heterocycles. The number of nitrogens with one attached hydrogen (secondary N) is 2. The summed E-state index contributed by atoms with van der Waals surface area (Å²) in [5.74, 6) is 0.982. The number of hydrogen-bond acceptors (Lipinski definition) is 6. The molecule has 0 spiro atoms. The first-order valence-electron chi connectivity index (χ1n) is 13.5. The van der Waals surface area contributed by atoms with Crippen molar-refractivity contribution in [3.8, 4) is 0 Å². The summed E-state index contributed by atoms with van der Waals surface area (Å²) in [7, 11) is 0. The van der Waals surface area contributed by atoms with E-state index in [1.165, 1.54) is 5.56 Å². The minimum atomic E-state index is -2.17. The molecule has 0 aliphatic carbocycles. The number of nitrogens with two attached hydrogens (primary N) is 1. The zero-order valence-electron chi connectivity index (χ0n) is 23.3. The minimum absolute atomic E-state index is 0.162. The molecular formula is C30H38F2N6O2. The number of pyridine rings is 1. The van der Waals surface area contributed by atoms with E-state index in [9.17, 15) is 18.4 Å². The Balaban J connectivity index is 0.00000103. The highest BCUT2D eigenvalue weighted by Crippen LogP contribution is 2.23. The maximum atomic E-state index is 13.2. The van der Waals surface area contributed by atoms with Crippen LogP contribution in [0.4, 0.5) is 20.3 Å². The van der Waals surface area contributed by atoms with Crippen molar-refractivity contribution in [1.82, 2.24) is 19.9 Å². The van der Waals surface area contributed by atoms with E-state index in [1.54, 1.807) is 17.0 Å². The normalized spacial score (nSPS) is 14.3. The highest BCUT2D eigenvalue weighted by molar-refractivity contribution is 5.81. The summed E-state index contributed by atoms with van der Waals surface area (Å²) in [4.78, 5) is 34.9. The number of alkyl halides is 2. The lowest BCUT2D eigenvalue weighted by atomic mass is 10.1. The molecule has 1 aromatic carbocycles. The number of amides is 1. The summed E-state index contributed by atoms with van der Waals surface area (Å²) < 4.78 is 22.2. The van der Waals surface area contributed by atoms with Crippen LogP contribution in [0.5, 0.6) is 0 Å². The van der Waals surface area contributed by atoms with Crippen molar-refractivity contribution >= 4 is 23.5 Å². The fourth-order valence-electron chi connectivity index (χ4n) is 4.49. The molecule has 0 fully saturated rings. The first-order valence-corrected chi connectivity index (χ1v) is 13.5. The van der Waals surface area contributed by atoms with Gasteiger partial charge in [0.25, 0.3) is 5.56 Å². The fourth-order valence-corrected chi connectivity index (χ4v) is 4.49. The third kappa shape index (κ3) is 8.72. The number of carbonyl (C=O) groups excluding carboxylic acids is 1. The molecule has 4 N–H and O–H groups in total. The number of halogens is 2. The molecule has 0 saturated carbocycles. The van der Waals surface area contributed by atoms with E-state index in [0.29, 0.717) is 43.3 Å². The fraction of sp³-hybridized carbons (Fsp3) is 0.400. The number of aryl methyl sites for hydroxylation is 3. The van der Waals surface area contributed by atoms with Gasteiger partial charge < -0.3 is 16.4 Å². The number of nitrogen functional groups attached to an aromatic ring is 1. The number of nitrogens with zero attached hydrogens (tertiary/aromatic N) is 3. The van der Waals surface area contributed by atoms with Gasteiger partial charge in [-0.15, -0.1) is 0 Å². The summed E-state index contributed by atoms with van der Waals surface area (Å²) >= 11 is 0. The molecule has 3 heterocycles. The molecule has 214 valence electrons. The van der Waals surface area contributed by atoms with Gasteiger partial charge in [0.15, 0.2) is 0 Å². The lowest BCUT2D eigenvalue weighted by Crippen LogP contribution is -2.37. The van der Waals surface area contributed by atoms with Crippen LogP contribution in [0.25, 0.3) is 6.08 Å². The van der Waals surface area contributed by atoms with Crippen molar-refractivity contribution in [2.75, 3.05) is 24.1 Å². The van der Waals surface area contributed by atoms with E-state index in [0.717, 1.165) is 42.9 Å². The van der Waals surface area contributed by atoms with Gasteiger partial charge in [0.2, 0.25) is 12.3 Å². The molecule has 1 amide bonds. The zero-order chi connectivity index (χ0) is 29.1. The average Bonchev–Trinajstić information content (AvgIpc) is 3.36. The summed E-state index contributed by atoms with van der Waals surface area (Å²) in [5, 5.41) is 6.24. The minimum Gasteiger partial charge on any atom is -0.384 e. The van der Waals surface area contributed by atoms with Crippen LogP contribution in [0.3, 0.4) is 0 Å². The summed E-state index contributed by atoms with van der Waals surface area (Å²) in [6, 6.07) is 11.5. The Morgan fingerprint density at radius 2 is 1.95 bits per heavy atom. The van der Waals surface area contributed by atoms with Crippen LogP contribution in [0.15, 0.2) is 59.2 Å². The Kier molecular flexibility index (Phi) is 11.4. The maximum Gasteiger partial charge on any atom is 0.277 e. The third-order valence-corrected chi connectivity index (χ3v) is 6.60. The van der Waals surface area contributed by atoms with Crippen LogP contribution in [0.2, 0.25) is 0 Å². The molecule has 0 radical (unpaired) electrons. The molecule has 1 aliphatic rings. The second kappa shape index (κ2) is 14.9. The van der Waals surface area contributed by atoms with Gasteiger partial charge in [-0.3, -0.25) is 14.2 Å². The van der Waals surface area contributed by atoms with Crippen LogP contribution in [-0.4, -0.2) is 40.0 Å². The molecule has 10 heteroatoms. The largest absolute Gasteiger partial charge is 0.384 e. The lowest BCUT2D eigenvalue weighted by Gasteiger charge is -2.16. The van der Waals surface area contributed by atoms with Crippen molar-refractivity contribution in [1.29, 1.82) is 0 Å². The van der Waals surface area contributed by atoms with E-state index in [4.69, 9.17) is 5.73 Å². The Bertz CT molecular complexity index is 1360. The van der Waals surface area contributed by atoms with Crippen LogP contribution in [-0.2, 0) is 17.6 Å². The Morgan fingerprint density at radius 3 is 2.62 bits per heavy atom. The second-order valence-corrected chi connectivity index (χ2v) is 9.69. The number of hydrogen-bond donors (Lipinski definition) is 3. The van der Waals surface area contributed by atoms with Gasteiger partial charge in [-0.25, -0.2) is 18.7 Å². The summed E-state index contributed by atoms with van der Waals surface area (Å²) in [6.45, 7) is 5.93. The van der Waals surface area contributed by atoms with Gasteiger partial charge in [0.05, 0.1) is 6.20 Å². The molecule has 0 bridgehead atoms. The molecule has 3 aromatic rings. The summed E-state index contributed by atoms with van der Waals surface area (Å²) in [6.07, 6.45) is 6.99. The molecular weight excluding hydrogens is 514 g/mol. The quantitative estimate of drug-likeness (QED) is 0.307. The molecule has 8 nitrogen and oxygen atoms in total. The van der Waals surface area contributed by atoms with Crippen LogP contribution in [0.1, 0.15) is 61.7 Å². The molecule has 1 atom stereocenters. The van der Waals surface area contributed by atoms with Gasteiger partial charge in [-0.1, -0.05) is 48.9 Å². The number of fused-ring (bicyclic) bond motifs is 1. The maximum absolute atomic E-state index is 13.2. The number of anilines is 2. The molecule has 4 rings (SSSR count). The van der Waals surface area contributed by atoms with E-state index in [2.05, 4.69) is 32.7 Å². The standard InChI is InChI=1S/C28H34N6O2.C2H4F2/c1-3-20(15-22-17-31-25(29)14-19(22)2)16-33-27(35)24-11-12-26-32-18-23(28(36)34(24)26)30-13-7-10-21-8-5-4-6-9-21;1-2(3)4/h4-6,8-9,14-15,17-18,24,30H,3,7,10-13,16H2,1-2H3,(H2,29,31)(H,33,35);2H,1H3/b20-15+;. The number of aromatic nitrogens is 3. The number of rotatable bonds is 10. The zero-order valence-corrected chi connectivity index (χ0v) is 23.3. The molecule has 0 saturated heterocycles. The Labute approximate surface area is 233 Å². The van der Waals surface area contributed by atoms with Gasteiger partial charge in [-0.2, -0.15) is 0 Å². The van der Waals surface area contributed by atoms with Crippen molar-refractivity contribution in [2.45, 2.75) is 65.3 Å². The lowest BCUT2D eigenvalue weighted by molar-refractivity contribution is -0.124. The van der Waals surface area contributed by atoms with Crippen LogP contribution >= 0.6 is 0 Å². The summed E-state index contributed by atoms with van der Waals surface area (Å²) in [5.41, 5.74) is 10.3. The Morgan fingerprint density at radius 1 is 1.23 bits per heavy atom. The van der Waals surface area contributed by atoms with E-state index < -0.39 is 12.5 Å². The van der Waals surface area contributed by atoms with E-state index in [1.807, 2.05) is 44.2 Å². The van der Waals surface area contributed by atoms with Gasteiger partial charge >= 0.3 is 0 Å². The molecule has 1 unspecified atom stereocenters. The highest BCUT2D eigenvalue weighted by atomic mass is 19.3.